The number of aromatic nitrogens is 3. The zero-order valence-electron chi connectivity index (χ0n) is 10.9. The predicted octanol–water partition coefficient (Wildman–Crippen LogP) is 1.48. The highest BCUT2D eigenvalue weighted by atomic mass is 15.3. The minimum Gasteiger partial charge on any atom is -0.350 e. The summed E-state index contributed by atoms with van der Waals surface area (Å²) in [4.78, 5) is 6.86. The molecule has 0 amide bonds. The molecule has 1 aliphatic rings. The standard InChI is InChI=1S/C13H19N5/c1-10-9-17(2)8-6-11(10)14-13-15-12-5-3-4-7-18(12)16-13/h3-5,7,10-11H,6,8-9H2,1-2H3,(H,14,16). The van der Waals surface area contributed by atoms with Crippen LogP contribution in [0.2, 0.25) is 0 Å². The van der Waals surface area contributed by atoms with E-state index in [1.165, 1.54) is 0 Å². The molecule has 0 bridgehead atoms. The Morgan fingerprint density at radius 1 is 1.39 bits per heavy atom. The van der Waals surface area contributed by atoms with Crippen LogP contribution in [0.5, 0.6) is 0 Å². The first-order chi connectivity index (χ1) is 8.72. The van der Waals surface area contributed by atoms with Gasteiger partial charge in [-0.05, 0) is 38.1 Å². The summed E-state index contributed by atoms with van der Waals surface area (Å²) in [6, 6.07) is 6.38. The van der Waals surface area contributed by atoms with Crippen molar-refractivity contribution in [3.8, 4) is 0 Å². The van der Waals surface area contributed by atoms with Gasteiger partial charge in [-0.25, -0.2) is 4.52 Å². The number of fused-ring (bicyclic) bond motifs is 1. The van der Waals surface area contributed by atoms with Crippen LogP contribution in [0.3, 0.4) is 0 Å². The third-order valence-corrected chi connectivity index (χ3v) is 3.66. The van der Waals surface area contributed by atoms with Crippen molar-refractivity contribution >= 4 is 11.6 Å². The normalized spacial score (nSPS) is 25.4. The lowest BCUT2D eigenvalue weighted by Crippen LogP contribution is -2.43. The molecule has 2 aromatic rings. The Balaban J connectivity index is 1.75. The van der Waals surface area contributed by atoms with E-state index in [0.29, 0.717) is 12.0 Å². The summed E-state index contributed by atoms with van der Waals surface area (Å²) in [5, 5.41) is 7.91. The van der Waals surface area contributed by atoms with Crippen molar-refractivity contribution < 1.29 is 0 Å². The highest BCUT2D eigenvalue weighted by Gasteiger charge is 2.24. The third kappa shape index (κ3) is 2.18. The average molecular weight is 245 g/mol. The summed E-state index contributed by atoms with van der Waals surface area (Å²) < 4.78 is 1.81. The third-order valence-electron chi connectivity index (χ3n) is 3.66. The number of nitrogens with zero attached hydrogens (tertiary/aromatic N) is 4. The summed E-state index contributed by atoms with van der Waals surface area (Å²) in [6.07, 6.45) is 3.07. The molecule has 0 aliphatic carbocycles. The van der Waals surface area contributed by atoms with Crippen LogP contribution in [-0.4, -0.2) is 45.7 Å². The zero-order chi connectivity index (χ0) is 12.5. The lowest BCUT2D eigenvalue weighted by molar-refractivity contribution is 0.206. The lowest BCUT2D eigenvalue weighted by Gasteiger charge is -2.34. The van der Waals surface area contributed by atoms with Crippen LogP contribution in [-0.2, 0) is 0 Å². The molecule has 18 heavy (non-hydrogen) atoms. The topological polar surface area (TPSA) is 45.5 Å². The van der Waals surface area contributed by atoms with Gasteiger partial charge < -0.3 is 10.2 Å². The van der Waals surface area contributed by atoms with E-state index in [2.05, 4.69) is 34.3 Å². The van der Waals surface area contributed by atoms with Crippen molar-refractivity contribution in [1.82, 2.24) is 19.5 Å². The van der Waals surface area contributed by atoms with Crippen molar-refractivity contribution in [2.45, 2.75) is 19.4 Å². The second kappa shape index (κ2) is 4.57. The van der Waals surface area contributed by atoms with Gasteiger partial charge in [-0.2, -0.15) is 4.98 Å². The fourth-order valence-electron chi connectivity index (χ4n) is 2.63. The predicted molar refractivity (Wildman–Crippen MR) is 71.7 cm³/mol. The maximum atomic E-state index is 4.49. The Bertz CT molecular complexity index is 502. The fraction of sp³-hybridized carbons (Fsp3) is 0.538. The van der Waals surface area contributed by atoms with Gasteiger partial charge >= 0.3 is 0 Å². The molecule has 0 radical (unpaired) electrons. The number of rotatable bonds is 2. The van der Waals surface area contributed by atoms with Gasteiger partial charge in [0, 0.05) is 18.8 Å². The van der Waals surface area contributed by atoms with Crippen molar-refractivity contribution in [2.24, 2.45) is 5.92 Å². The zero-order valence-corrected chi connectivity index (χ0v) is 10.9. The van der Waals surface area contributed by atoms with E-state index < -0.39 is 0 Å². The Morgan fingerprint density at radius 2 is 2.28 bits per heavy atom. The molecule has 1 N–H and O–H groups in total. The number of hydrogen-bond acceptors (Lipinski definition) is 4. The van der Waals surface area contributed by atoms with Crippen molar-refractivity contribution in [2.75, 3.05) is 25.5 Å². The van der Waals surface area contributed by atoms with E-state index in [-0.39, 0.29) is 0 Å². The molecule has 0 aromatic carbocycles. The van der Waals surface area contributed by atoms with Crippen LogP contribution >= 0.6 is 0 Å². The second-order valence-electron chi connectivity index (χ2n) is 5.22. The highest BCUT2D eigenvalue weighted by molar-refractivity contribution is 5.43. The molecule has 5 heteroatoms. The average Bonchev–Trinajstić information content (AvgIpc) is 2.75. The van der Waals surface area contributed by atoms with Crippen LogP contribution < -0.4 is 5.32 Å². The minimum atomic E-state index is 0.471. The molecule has 2 atom stereocenters. The molecule has 1 fully saturated rings. The first-order valence-corrected chi connectivity index (χ1v) is 6.49. The number of likely N-dealkylation sites (tertiary alicyclic amines) is 1. The summed E-state index contributed by atoms with van der Waals surface area (Å²) in [5.74, 6) is 1.36. The molecule has 0 saturated carbocycles. The van der Waals surface area contributed by atoms with E-state index in [4.69, 9.17) is 0 Å². The van der Waals surface area contributed by atoms with Crippen LogP contribution in [0.1, 0.15) is 13.3 Å². The monoisotopic (exact) mass is 245 g/mol. The smallest absolute Gasteiger partial charge is 0.243 e. The molecule has 1 aliphatic heterocycles. The Kier molecular flexibility index (Phi) is 2.91. The van der Waals surface area contributed by atoms with Crippen molar-refractivity contribution in [1.29, 1.82) is 0 Å². The van der Waals surface area contributed by atoms with Gasteiger partial charge in [-0.15, -0.1) is 5.10 Å². The van der Waals surface area contributed by atoms with Gasteiger partial charge in [0.05, 0.1) is 0 Å². The van der Waals surface area contributed by atoms with Crippen LogP contribution in [0, 0.1) is 5.92 Å². The van der Waals surface area contributed by atoms with Gasteiger partial charge in [-0.1, -0.05) is 13.0 Å². The molecule has 5 nitrogen and oxygen atoms in total. The van der Waals surface area contributed by atoms with Crippen LogP contribution in [0.4, 0.5) is 5.95 Å². The summed E-state index contributed by atoms with van der Waals surface area (Å²) in [5.41, 5.74) is 0.889. The molecule has 0 spiro atoms. The van der Waals surface area contributed by atoms with Gasteiger partial charge in [0.15, 0.2) is 5.65 Å². The molecule has 1 saturated heterocycles. The summed E-state index contributed by atoms with van der Waals surface area (Å²) in [7, 11) is 2.18. The highest BCUT2D eigenvalue weighted by Crippen LogP contribution is 2.19. The lowest BCUT2D eigenvalue weighted by atomic mass is 9.94. The van der Waals surface area contributed by atoms with Crippen LogP contribution in [0.15, 0.2) is 24.4 Å². The Hall–Kier alpha value is -1.62. The van der Waals surface area contributed by atoms with Gasteiger partial charge in [0.25, 0.3) is 0 Å². The van der Waals surface area contributed by atoms with E-state index >= 15 is 0 Å². The van der Waals surface area contributed by atoms with E-state index in [9.17, 15) is 0 Å². The number of anilines is 1. The number of hydrogen-bond donors (Lipinski definition) is 1. The fourth-order valence-corrected chi connectivity index (χ4v) is 2.63. The minimum absolute atomic E-state index is 0.471. The molecule has 2 unspecified atom stereocenters. The maximum Gasteiger partial charge on any atom is 0.243 e. The molecule has 3 rings (SSSR count). The van der Waals surface area contributed by atoms with Crippen molar-refractivity contribution in [3.05, 3.63) is 24.4 Å². The number of pyridine rings is 1. The quantitative estimate of drug-likeness (QED) is 0.870. The second-order valence-corrected chi connectivity index (χ2v) is 5.22. The molecular weight excluding hydrogens is 226 g/mol. The molecule has 3 heterocycles. The largest absolute Gasteiger partial charge is 0.350 e. The number of nitrogens with one attached hydrogen (secondary N) is 1. The number of piperidine rings is 1. The van der Waals surface area contributed by atoms with Crippen LogP contribution in [0.25, 0.3) is 5.65 Å². The van der Waals surface area contributed by atoms with E-state index in [1.54, 1.807) is 0 Å². The first-order valence-electron chi connectivity index (χ1n) is 6.49. The SMILES string of the molecule is CC1CN(C)CCC1Nc1nc2ccccn2n1. The maximum absolute atomic E-state index is 4.49. The Morgan fingerprint density at radius 3 is 3.06 bits per heavy atom. The van der Waals surface area contributed by atoms with Gasteiger partial charge in [0.1, 0.15) is 0 Å². The molecule has 96 valence electrons. The summed E-state index contributed by atoms with van der Waals surface area (Å²) >= 11 is 0. The van der Waals surface area contributed by atoms with Crippen molar-refractivity contribution in [3.63, 3.8) is 0 Å². The molecule has 2 aromatic heterocycles. The van der Waals surface area contributed by atoms with Gasteiger partial charge in [-0.3, -0.25) is 0 Å². The van der Waals surface area contributed by atoms with E-state index in [0.717, 1.165) is 31.1 Å². The first kappa shape index (κ1) is 11.5. The summed E-state index contributed by atoms with van der Waals surface area (Å²) in [6.45, 7) is 4.55. The molecular formula is C13H19N5. The van der Waals surface area contributed by atoms with Gasteiger partial charge in [0.2, 0.25) is 5.95 Å². The van der Waals surface area contributed by atoms with E-state index in [1.807, 2.05) is 28.9 Å². The Labute approximate surface area is 107 Å².